The molecule has 3 rings (SSSR count). The second-order valence-corrected chi connectivity index (χ2v) is 9.00. The number of thiophene rings is 1. The zero-order valence-corrected chi connectivity index (χ0v) is 14.4. The molecule has 7 heteroatoms. The molecular formula is C16H18FNO3S2. The Morgan fingerprint density at radius 3 is 2.65 bits per heavy atom. The van der Waals surface area contributed by atoms with Gasteiger partial charge in [0, 0.05) is 18.0 Å². The van der Waals surface area contributed by atoms with Crippen LogP contribution in [0.1, 0.15) is 10.4 Å². The molecule has 0 spiro atoms. The van der Waals surface area contributed by atoms with Gasteiger partial charge in [-0.2, -0.15) is 4.31 Å². The summed E-state index contributed by atoms with van der Waals surface area (Å²) in [5.41, 5.74) is 0.933. The van der Waals surface area contributed by atoms with Gasteiger partial charge < -0.3 is 4.74 Å². The first-order valence-corrected chi connectivity index (χ1v) is 9.63. The Bertz CT molecular complexity index is 771. The van der Waals surface area contributed by atoms with E-state index in [-0.39, 0.29) is 11.9 Å². The third kappa shape index (κ3) is 3.80. The van der Waals surface area contributed by atoms with Gasteiger partial charge >= 0.3 is 0 Å². The van der Waals surface area contributed by atoms with Crippen molar-refractivity contribution in [3.63, 3.8) is 0 Å². The van der Waals surface area contributed by atoms with Crippen molar-refractivity contribution in [2.24, 2.45) is 0 Å². The van der Waals surface area contributed by atoms with E-state index in [1.807, 2.05) is 13.0 Å². The van der Waals surface area contributed by atoms with E-state index in [2.05, 4.69) is 0 Å². The molecule has 0 unspecified atom stereocenters. The average Bonchev–Trinajstić information content (AvgIpc) is 2.97. The van der Waals surface area contributed by atoms with Gasteiger partial charge in [-0.25, -0.2) is 12.8 Å². The number of benzene rings is 1. The molecule has 1 aromatic heterocycles. The fourth-order valence-corrected chi connectivity index (χ4v) is 5.49. The molecule has 2 aromatic rings. The third-order valence-corrected chi connectivity index (χ3v) is 7.12. The second-order valence-electron chi connectivity index (χ2n) is 5.55. The predicted octanol–water partition coefficient (Wildman–Crippen LogP) is 2.83. The Hall–Kier alpha value is -1.28. The molecule has 0 bridgehead atoms. The second kappa shape index (κ2) is 6.68. The molecule has 0 amide bonds. The van der Waals surface area contributed by atoms with Crippen molar-refractivity contribution < 1.29 is 17.5 Å². The number of hydrogen-bond donors (Lipinski definition) is 0. The highest BCUT2D eigenvalue weighted by molar-refractivity contribution is 7.91. The zero-order chi connectivity index (χ0) is 16.4. The maximum Gasteiger partial charge on any atom is 0.252 e. The lowest BCUT2D eigenvalue weighted by atomic mass is 10.1. The predicted molar refractivity (Wildman–Crippen MR) is 87.7 cm³/mol. The molecule has 1 aromatic carbocycles. The van der Waals surface area contributed by atoms with Crippen LogP contribution >= 0.6 is 11.3 Å². The van der Waals surface area contributed by atoms with E-state index >= 15 is 0 Å². The van der Waals surface area contributed by atoms with Gasteiger partial charge in [-0.05, 0) is 43.2 Å². The molecule has 0 saturated carbocycles. The Balaban J connectivity index is 1.71. The monoisotopic (exact) mass is 355 g/mol. The maximum absolute atomic E-state index is 13.0. The number of sulfonamides is 1. The van der Waals surface area contributed by atoms with Gasteiger partial charge in [-0.1, -0.05) is 12.1 Å². The first-order valence-electron chi connectivity index (χ1n) is 7.38. The minimum absolute atomic E-state index is 0.218. The summed E-state index contributed by atoms with van der Waals surface area (Å²) in [6, 6.07) is 9.68. The highest BCUT2D eigenvalue weighted by Crippen LogP contribution is 2.26. The van der Waals surface area contributed by atoms with E-state index in [0.717, 1.165) is 10.4 Å². The summed E-state index contributed by atoms with van der Waals surface area (Å²) in [6.07, 6.45) is 0.348. The number of morpholine rings is 1. The van der Waals surface area contributed by atoms with E-state index in [4.69, 9.17) is 4.74 Å². The zero-order valence-electron chi connectivity index (χ0n) is 12.7. The minimum atomic E-state index is -3.46. The number of rotatable bonds is 4. The first kappa shape index (κ1) is 16.6. The van der Waals surface area contributed by atoms with Crippen LogP contribution in [-0.2, 0) is 21.2 Å². The Morgan fingerprint density at radius 1 is 1.26 bits per heavy atom. The van der Waals surface area contributed by atoms with E-state index in [1.54, 1.807) is 18.2 Å². The Kier molecular flexibility index (Phi) is 4.82. The van der Waals surface area contributed by atoms with E-state index < -0.39 is 10.0 Å². The molecule has 23 heavy (non-hydrogen) atoms. The van der Waals surface area contributed by atoms with Gasteiger partial charge in [0.25, 0.3) is 10.0 Å². The van der Waals surface area contributed by atoms with Gasteiger partial charge in [0.05, 0.1) is 12.7 Å². The maximum atomic E-state index is 13.0. The average molecular weight is 355 g/mol. The summed E-state index contributed by atoms with van der Waals surface area (Å²) >= 11 is 1.28. The van der Waals surface area contributed by atoms with Crippen LogP contribution < -0.4 is 0 Å². The molecule has 0 aliphatic carbocycles. The highest BCUT2D eigenvalue weighted by Gasteiger charge is 2.31. The smallest absolute Gasteiger partial charge is 0.252 e. The molecule has 1 saturated heterocycles. The Morgan fingerprint density at radius 2 is 2.00 bits per heavy atom. The number of hydrogen-bond acceptors (Lipinski definition) is 4. The van der Waals surface area contributed by atoms with Crippen LogP contribution in [0.25, 0.3) is 0 Å². The van der Waals surface area contributed by atoms with Crippen molar-refractivity contribution in [2.75, 3.05) is 19.7 Å². The van der Waals surface area contributed by atoms with Crippen LogP contribution in [0.3, 0.4) is 0 Å². The van der Waals surface area contributed by atoms with Gasteiger partial charge in [0.2, 0.25) is 0 Å². The summed E-state index contributed by atoms with van der Waals surface area (Å²) in [5, 5.41) is 0. The molecule has 0 N–H and O–H groups in total. The molecular weight excluding hydrogens is 337 g/mol. The molecule has 1 atom stereocenters. The van der Waals surface area contributed by atoms with Crippen LogP contribution in [0, 0.1) is 12.7 Å². The fourth-order valence-electron chi connectivity index (χ4n) is 2.60. The van der Waals surface area contributed by atoms with Crippen molar-refractivity contribution in [1.29, 1.82) is 0 Å². The van der Waals surface area contributed by atoms with Crippen molar-refractivity contribution in [2.45, 2.75) is 23.7 Å². The summed E-state index contributed by atoms with van der Waals surface area (Å²) in [7, 11) is -3.46. The number of halogens is 1. The van der Waals surface area contributed by atoms with Crippen molar-refractivity contribution in [3.05, 3.63) is 52.7 Å². The normalized spacial score (nSPS) is 19.8. The SMILES string of the molecule is Cc1ccc(S(=O)(=O)N2CCO[C@@H](Cc3ccc(F)cc3)C2)s1. The fraction of sp³-hybridized carbons (Fsp3) is 0.375. The van der Waals surface area contributed by atoms with Crippen LogP contribution in [0.2, 0.25) is 0 Å². The quantitative estimate of drug-likeness (QED) is 0.847. The highest BCUT2D eigenvalue weighted by atomic mass is 32.2. The van der Waals surface area contributed by atoms with Crippen LogP contribution in [0.5, 0.6) is 0 Å². The van der Waals surface area contributed by atoms with E-state index in [1.165, 1.54) is 27.8 Å². The number of aryl methyl sites for hydroxylation is 1. The third-order valence-electron chi connectivity index (χ3n) is 3.79. The lowest BCUT2D eigenvalue weighted by Gasteiger charge is -2.31. The van der Waals surface area contributed by atoms with Crippen molar-refractivity contribution in [3.8, 4) is 0 Å². The van der Waals surface area contributed by atoms with Gasteiger partial charge in [-0.3, -0.25) is 0 Å². The first-order chi connectivity index (χ1) is 10.9. The van der Waals surface area contributed by atoms with E-state index in [0.29, 0.717) is 30.3 Å². The van der Waals surface area contributed by atoms with Crippen LogP contribution in [0.15, 0.2) is 40.6 Å². The molecule has 1 fully saturated rings. The molecule has 2 heterocycles. The molecule has 0 radical (unpaired) electrons. The lowest BCUT2D eigenvalue weighted by molar-refractivity contribution is -0.000447. The van der Waals surface area contributed by atoms with Gasteiger partial charge in [0.1, 0.15) is 10.0 Å². The standard InChI is InChI=1S/C16H18FNO3S2/c1-12-2-7-16(22-12)23(19,20)18-8-9-21-15(11-18)10-13-3-5-14(17)6-4-13/h2-7,15H,8-11H2,1H3/t15-/m0/s1. The summed E-state index contributed by atoms with van der Waals surface area (Å²) in [4.78, 5) is 0.972. The topological polar surface area (TPSA) is 46.6 Å². The minimum Gasteiger partial charge on any atom is -0.375 e. The lowest BCUT2D eigenvalue weighted by Crippen LogP contribution is -2.46. The van der Waals surface area contributed by atoms with Gasteiger partial charge in [0.15, 0.2) is 0 Å². The molecule has 4 nitrogen and oxygen atoms in total. The van der Waals surface area contributed by atoms with Crippen molar-refractivity contribution >= 4 is 21.4 Å². The summed E-state index contributed by atoms with van der Waals surface area (Å²) in [6.45, 7) is 2.94. The molecule has 1 aliphatic heterocycles. The molecule has 124 valence electrons. The largest absolute Gasteiger partial charge is 0.375 e. The van der Waals surface area contributed by atoms with Gasteiger partial charge in [-0.15, -0.1) is 11.3 Å². The summed E-state index contributed by atoms with van der Waals surface area (Å²) in [5.74, 6) is -0.282. The number of nitrogens with zero attached hydrogens (tertiary/aromatic N) is 1. The summed E-state index contributed by atoms with van der Waals surface area (Å²) < 4.78 is 45.8. The number of ether oxygens (including phenoxy) is 1. The van der Waals surface area contributed by atoms with E-state index in [9.17, 15) is 12.8 Å². The van der Waals surface area contributed by atoms with Crippen LogP contribution in [-0.4, -0.2) is 38.5 Å². The van der Waals surface area contributed by atoms with Crippen molar-refractivity contribution in [1.82, 2.24) is 4.31 Å². The Labute approximate surface area is 139 Å². The van der Waals surface area contributed by atoms with Crippen LogP contribution in [0.4, 0.5) is 4.39 Å². The molecule has 1 aliphatic rings.